The van der Waals surface area contributed by atoms with Gasteiger partial charge in [-0.1, -0.05) is 29.2 Å². The minimum Gasteiger partial charge on any atom is -0.376 e. The number of ether oxygens (including phenoxy) is 1. The molecule has 1 aromatic carbocycles. The normalized spacial score (nSPS) is 17.8. The Hall–Kier alpha value is -2.01. The van der Waals surface area contributed by atoms with Crippen molar-refractivity contribution >= 4 is 51.2 Å². The second kappa shape index (κ2) is 9.23. The molecule has 0 radical (unpaired) electrons. The summed E-state index contributed by atoms with van der Waals surface area (Å²) in [6.07, 6.45) is 3.34. The molecule has 2 aliphatic rings. The van der Waals surface area contributed by atoms with Gasteiger partial charge in [0.15, 0.2) is 4.34 Å². The van der Waals surface area contributed by atoms with Gasteiger partial charge in [0.1, 0.15) is 0 Å². The van der Waals surface area contributed by atoms with Gasteiger partial charge in [0.25, 0.3) is 0 Å². The fourth-order valence-corrected chi connectivity index (χ4v) is 6.12. The fourth-order valence-electron chi connectivity index (χ4n) is 3.86. The van der Waals surface area contributed by atoms with Gasteiger partial charge in [0, 0.05) is 36.3 Å². The molecule has 10 heteroatoms. The number of anilines is 2. The summed E-state index contributed by atoms with van der Waals surface area (Å²) in [5, 5.41) is 15.6. The van der Waals surface area contributed by atoms with Gasteiger partial charge in [-0.05, 0) is 43.9 Å². The summed E-state index contributed by atoms with van der Waals surface area (Å²) in [4.78, 5) is 19.3. The van der Waals surface area contributed by atoms with Crippen molar-refractivity contribution in [3.05, 3.63) is 34.2 Å². The van der Waals surface area contributed by atoms with E-state index in [1.54, 1.807) is 11.3 Å². The predicted molar refractivity (Wildman–Crippen MR) is 126 cm³/mol. The van der Waals surface area contributed by atoms with Gasteiger partial charge in [-0.2, -0.15) is 0 Å². The molecule has 7 nitrogen and oxygen atoms in total. The monoisotopic (exact) mass is 473 g/mol. The number of nitrogens with zero attached hydrogens (tertiary/aromatic N) is 4. The lowest BCUT2D eigenvalue weighted by atomic mass is 10.1. The van der Waals surface area contributed by atoms with E-state index in [9.17, 15) is 4.79 Å². The number of aromatic nitrogens is 3. The Morgan fingerprint density at radius 3 is 3.13 bits per heavy atom. The molecule has 3 aromatic rings. The van der Waals surface area contributed by atoms with Crippen LogP contribution in [0.3, 0.4) is 0 Å². The first kappa shape index (κ1) is 20.9. The quantitative estimate of drug-likeness (QED) is 0.514. The second-order valence-electron chi connectivity index (χ2n) is 7.57. The van der Waals surface area contributed by atoms with Crippen LogP contribution in [0, 0.1) is 6.92 Å². The molecule has 4 heterocycles. The van der Waals surface area contributed by atoms with Gasteiger partial charge in [0.05, 0.1) is 22.6 Å². The molecule has 1 N–H and O–H groups in total. The molecule has 162 valence electrons. The summed E-state index contributed by atoms with van der Waals surface area (Å²) in [6.45, 7) is 4.33. The summed E-state index contributed by atoms with van der Waals surface area (Å²) in [5.41, 5.74) is 4.34. The molecule has 1 atom stereocenters. The van der Waals surface area contributed by atoms with E-state index in [1.165, 1.54) is 28.7 Å². The minimum absolute atomic E-state index is 0.102. The van der Waals surface area contributed by atoms with Crippen molar-refractivity contribution in [2.24, 2.45) is 0 Å². The lowest BCUT2D eigenvalue weighted by Gasteiger charge is -2.17. The molecule has 0 saturated carbocycles. The highest BCUT2D eigenvalue weighted by atomic mass is 32.2. The summed E-state index contributed by atoms with van der Waals surface area (Å²) in [6, 6.07) is 6.27. The average molecular weight is 474 g/mol. The van der Waals surface area contributed by atoms with Crippen LogP contribution in [-0.4, -0.2) is 52.6 Å². The number of thioether (sulfide) groups is 1. The third kappa shape index (κ3) is 4.77. The molecule has 1 saturated heterocycles. The predicted octanol–water partition coefficient (Wildman–Crippen LogP) is 4.24. The lowest BCUT2D eigenvalue weighted by molar-refractivity contribution is -0.116. The van der Waals surface area contributed by atoms with Crippen LogP contribution >= 0.6 is 34.4 Å². The van der Waals surface area contributed by atoms with Gasteiger partial charge in [0.2, 0.25) is 11.0 Å². The molecule has 0 bridgehead atoms. The smallest absolute Gasteiger partial charge is 0.237 e. The number of amides is 1. The maximum Gasteiger partial charge on any atom is 0.237 e. The van der Waals surface area contributed by atoms with E-state index < -0.39 is 0 Å². The lowest BCUT2D eigenvalue weighted by Crippen LogP contribution is -2.30. The van der Waals surface area contributed by atoms with E-state index in [0.717, 1.165) is 70.4 Å². The summed E-state index contributed by atoms with van der Waals surface area (Å²) < 4.78 is 6.42. The molecule has 31 heavy (non-hydrogen) atoms. The number of rotatable bonds is 7. The molecular weight excluding hydrogens is 450 g/mol. The Bertz CT molecular complexity index is 1080. The highest BCUT2D eigenvalue weighted by Crippen LogP contribution is 2.34. The molecule has 1 fully saturated rings. The molecule has 0 aliphatic carbocycles. The maximum atomic E-state index is 12.9. The Morgan fingerprint density at radius 1 is 1.39 bits per heavy atom. The van der Waals surface area contributed by atoms with Crippen molar-refractivity contribution < 1.29 is 9.53 Å². The van der Waals surface area contributed by atoms with Crippen LogP contribution in [0.2, 0.25) is 0 Å². The van der Waals surface area contributed by atoms with Crippen molar-refractivity contribution in [1.82, 2.24) is 15.2 Å². The zero-order chi connectivity index (χ0) is 21.2. The molecule has 2 aliphatic heterocycles. The van der Waals surface area contributed by atoms with E-state index in [0.29, 0.717) is 5.75 Å². The Kier molecular flexibility index (Phi) is 6.22. The largest absolute Gasteiger partial charge is 0.376 e. The van der Waals surface area contributed by atoms with Crippen LogP contribution in [0.5, 0.6) is 0 Å². The molecular formula is C21H23N5O2S3. The molecule has 2 aromatic heterocycles. The van der Waals surface area contributed by atoms with Crippen molar-refractivity contribution in [3.63, 3.8) is 0 Å². The van der Waals surface area contributed by atoms with Gasteiger partial charge >= 0.3 is 0 Å². The number of thiazole rings is 1. The van der Waals surface area contributed by atoms with E-state index in [1.807, 2.05) is 17.9 Å². The van der Waals surface area contributed by atoms with E-state index in [2.05, 4.69) is 38.0 Å². The van der Waals surface area contributed by atoms with Gasteiger partial charge in [-0.25, -0.2) is 4.98 Å². The Labute approximate surface area is 193 Å². The Morgan fingerprint density at radius 2 is 2.32 bits per heavy atom. The SMILES string of the molecule is Cc1nc(-c2ccc3c(c2)CCN3C(=O)CSc2nnc(NCC3CCCO3)s2)cs1. The third-order valence-electron chi connectivity index (χ3n) is 5.42. The van der Waals surface area contributed by atoms with Gasteiger partial charge in [-0.3, -0.25) is 4.79 Å². The number of hydrogen-bond donors (Lipinski definition) is 1. The number of benzene rings is 1. The van der Waals surface area contributed by atoms with E-state index >= 15 is 0 Å². The first-order valence-electron chi connectivity index (χ1n) is 10.3. The average Bonchev–Trinajstić information content (AvgIpc) is 3.57. The van der Waals surface area contributed by atoms with E-state index in [4.69, 9.17) is 4.74 Å². The van der Waals surface area contributed by atoms with Crippen LogP contribution < -0.4 is 10.2 Å². The molecule has 1 unspecified atom stereocenters. The van der Waals surface area contributed by atoms with Crippen LogP contribution in [0.15, 0.2) is 27.9 Å². The maximum absolute atomic E-state index is 12.9. The van der Waals surface area contributed by atoms with E-state index in [-0.39, 0.29) is 12.0 Å². The number of nitrogens with one attached hydrogen (secondary N) is 1. The van der Waals surface area contributed by atoms with Gasteiger partial charge in [-0.15, -0.1) is 21.5 Å². The summed E-state index contributed by atoms with van der Waals surface area (Å²) >= 11 is 4.59. The number of carbonyl (C=O) groups excluding carboxylic acids is 1. The fraction of sp³-hybridized carbons (Fsp3) is 0.429. The number of fused-ring (bicyclic) bond motifs is 1. The molecule has 1 amide bonds. The number of carbonyl (C=O) groups is 1. The van der Waals surface area contributed by atoms with Crippen molar-refractivity contribution in [2.45, 2.75) is 36.6 Å². The highest BCUT2D eigenvalue weighted by Gasteiger charge is 2.25. The van der Waals surface area contributed by atoms with Gasteiger partial charge < -0.3 is 15.0 Å². The van der Waals surface area contributed by atoms with Crippen LogP contribution in [-0.2, 0) is 16.0 Å². The molecule has 0 spiro atoms. The highest BCUT2D eigenvalue weighted by molar-refractivity contribution is 8.01. The topological polar surface area (TPSA) is 80.2 Å². The van der Waals surface area contributed by atoms with Crippen molar-refractivity contribution in [3.8, 4) is 11.3 Å². The third-order valence-corrected chi connectivity index (χ3v) is 8.19. The summed E-state index contributed by atoms with van der Waals surface area (Å²) in [7, 11) is 0. The number of hydrogen-bond acceptors (Lipinski definition) is 9. The van der Waals surface area contributed by atoms with Crippen LogP contribution in [0.4, 0.5) is 10.8 Å². The standard InChI is InChI=1S/C21H23N5O2S3/c1-13-23-17(11-29-13)14-4-5-18-15(9-14)6-7-26(18)19(27)12-30-21-25-24-20(31-21)22-10-16-3-2-8-28-16/h4-5,9,11,16H,2-3,6-8,10,12H2,1H3,(H,22,24). The first-order valence-corrected chi connectivity index (χ1v) is 13.0. The van der Waals surface area contributed by atoms with Crippen molar-refractivity contribution in [2.75, 3.05) is 35.7 Å². The van der Waals surface area contributed by atoms with Crippen LogP contribution in [0.1, 0.15) is 23.4 Å². The zero-order valence-corrected chi connectivity index (χ0v) is 19.6. The van der Waals surface area contributed by atoms with Crippen molar-refractivity contribution in [1.29, 1.82) is 0 Å². The Balaban J connectivity index is 1.17. The first-order chi connectivity index (χ1) is 15.2. The minimum atomic E-state index is 0.102. The summed E-state index contributed by atoms with van der Waals surface area (Å²) in [5.74, 6) is 0.456. The van der Waals surface area contributed by atoms with Crippen LogP contribution in [0.25, 0.3) is 11.3 Å². The molecule has 5 rings (SSSR count). The number of aryl methyl sites for hydroxylation is 1. The second-order valence-corrected chi connectivity index (χ2v) is 10.8. The zero-order valence-electron chi connectivity index (χ0n) is 17.2.